The maximum atomic E-state index is 12.9. The van der Waals surface area contributed by atoms with Gasteiger partial charge in [-0.15, -0.1) is 11.3 Å². The van der Waals surface area contributed by atoms with Crippen LogP contribution in [0.25, 0.3) is 11.3 Å². The molecule has 7 nitrogen and oxygen atoms in total. The lowest BCUT2D eigenvalue weighted by molar-refractivity contribution is -0.120. The lowest BCUT2D eigenvalue weighted by Gasteiger charge is -2.15. The van der Waals surface area contributed by atoms with Gasteiger partial charge in [0.2, 0.25) is 0 Å². The number of carbonyl (C=O) groups excluding carboxylic acids is 3. The number of rotatable bonds is 6. The van der Waals surface area contributed by atoms with Crippen LogP contribution in [0.3, 0.4) is 0 Å². The van der Waals surface area contributed by atoms with Gasteiger partial charge in [0.25, 0.3) is 17.7 Å². The second kappa shape index (κ2) is 9.94. The largest absolute Gasteiger partial charge is 0.350 e. The number of amides is 3. The highest BCUT2D eigenvalue weighted by molar-refractivity contribution is 7.14. The third-order valence-corrected chi connectivity index (χ3v) is 6.68. The van der Waals surface area contributed by atoms with Crippen molar-refractivity contribution in [2.75, 3.05) is 15.5 Å². The quantitative estimate of drug-likeness (QED) is 0.289. The van der Waals surface area contributed by atoms with Gasteiger partial charge in [0.05, 0.1) is 11.4 Å². The minimum atomic E-state index is -0.638. The summed E-state index contributed by atoms with van der Waals surface area (Å²) >= 11 is 13.4. The van der Waals surface area contributed by atoms with Gasteiger partial charge < -0.3 is 5.32 Å². The highest BCUT2D eigenvalue weighted by Crippen LogP contribution is 2.31. The first kappa shape index (κ1) is 23.7. The fraction of sp³-hybridized carbons (Fsp3) is 0. The molecule has 2 N–H and O–H groups in total. The summed E-state index contributed by atoms with van der Waals surface area (Å²) in [6, 6.07) is 22.4. The van der Waals surface area contributed by atoms with Gasteiger partial charge in [-0.25, -0.2) is 9.88 Å². The van der Waals surface area contributed by atoms with Crippen LogP contribution in [-0.4, -0.2) is 22.7 Å². The number of benzene rings is 3. The van der Waals surface area contributed by atoms with E-state index in [-0.39, 0.29) is 16.6 Å². The number of hydrogen-bond acceptors (Lipinski definition) is 6. The molecule has 0 fully saturated rings. The highest BCUT2D eigenvalue weighted by atomic mass is 35.5. The third kappa shape index (κ3) is 4.74. The van der Waals surface area contributed by atoms with Gasteiger partial charge in [-0.05, 0) is 48.5 Å². The maximum Gasteiger partial charge on any atom is 0.283 e. The SMILES string of the molecule is O=C(Nc1nc(-c2ccccc2)cs1)c1ccc(NC2=C(Cl)C(=O)N(c3ccc(Cl)cc3)C2=O)cc1. The molecule has 0 unspecified atom stereocenters. The Morgan fingerprint density at radius 2 is 1.56 bits per heavy atom. The zero-order valence-electron chi connectivity index (χ0n) is 18.4. The molecule has 1 aromatic heterocycles. The Kier molecular flexibility index (Phi) is 6.56. The predicted molar refractivity (Wildman–Crippen MR) is 142 cm³/mol. The van der Waals surface area contributed by atoms with Crippen molar-refractivity contribution in [1.29, 1.82) is 0 Å². The molecular weight excluding hydrogens is 519 g/mol. The van der Waals surface area contributed by atoms with E-state index in [2.05, 4.69) is 15.6 Å². The normalized spacial score (nSPS) is 13.3. The number of nitrogens with one attached hydrogen (secondary N) is 2. The number of carbonyl (C=O) groups is 3. The molecular formula is C26H16Cl2N4O3S. The summed E-state index contributed by atoms with van der Waals surface area (Å²) < 4.78 is 0. The number of hydrogen-bond donors (Lipinski definition) is 2. The molecule has 0 atom stereocenters. The molecule has 0 saturated heterocycles. The van der Waals surface area contributed by atoms with Crippen molar-refractivity contribution < 1.29 is 14.4 Å². The van der Waals surface area contributed by atoms with E-state index in [0.29, 0.717) is 27.1 Å². The molecule has 0 radical (unpaired) electrons. The van der Waals surface area contributed by atoms with E-state index >= 15 is 0 Å². The van der Waals surface area contributed by atoms with E-state index in [1.807, 2.05) is 35.7 Å². The lowest BCUT2D eigenvalue weighted by atomic mass is 10.2. The van der Waals surface area contributed by atoms with Crippen LogP contribution in [0.2, 0.25) is 5.02 Å². The van der Waals surface area contributed by atoms with Gasteiger partial charge in [-0.1, -0.05) is 53.5 Å². The summed E-state index contributed by atoms with van der Waals surface area (Å²) in [4.78, 5) is 43.6. The molecule has 4 aromatic rings. The Labute approximate surface area is 220 Å². The highest BCUT2D eigenvalue weighted by Gasteiger charge is 2.38. The fourth-order valence-corrected chi connectivity index (χ4v) is 4.58. The molecule has 3 amide bonds. The second-order valence-corrected chi connectivity index (χ2v) is 9.34. The van der Waals surface area contributed by atoms with Crippen LogP contribution in [0.15, 0.2) is 95.0 Å². The number of anilines is 3. The van der Waals surface area contributed by atoms with E-state index in [0.717, 1.165) is 16.2 Å². The van der Waals surface area contributed by atoms with Crippen molar-refractivity contribution in [3.05, 3.63) is 106 Å². The Bertz CT molecular complexity index is 1500. The van der Waals surface area contributed by atoms with E-state index in [1.165, 1.54) is 11.3 Å². The lowest BCUT2D eigenvalue weighted by Crippen LogP contribution is -2.32. The third-order valence-electron chi connectivity index (χ3n) is 5.32. The standard InChI is InChI=1S/C26H16Cl2N4O3S/c27-17-8-12-19(13-9-17)32-24(34)21(28)22(25(32)35)29-18-10-6-16(7-11-18)23(33)31-26-30-20(14-36-26)15-4-2-1-3-5-15/h1-14,29H,(H,30,31,33). The second-order valence-electron chi connectivity index (χ2n) is 7.67. The Morgan fingerprint density at radius 1 is 0.861 bits per heavy atom. The average molecular weight is 535 g/mol. The Morgan fingerprint density at radius 3 is 2.25 bits per heavy atom. The summed E-state index contributed by atoms with van der Waals surface area (Å²) in [7, 11) is 0. The summed E-state index contributed by atoms with van der Waals surface area (Å²) in [5, 5.41) is 8.29. The predicted octanol–water partition coefficient (Wildman–Crippen LogP) is 6.15. The first-order valence-corrected chi connectivity index (χ1v) is 12.3. The molecule has 0 saturated carbocycles. The van der Waals surface area contributed by atoms with Crippen LogP contribution in [0.4, 0.5) is 16.5 Å². The molecule has 3 aromatic carbocycles. The molecule has 2 heterocycles. The topological polar surface area (TPSA) is 91.4 Å². The number of aromatic nitrogens is 1. The maximum absolute atomic E-state index is 12.9. The van der Waals surface area contributed by atoms with Gasteiger partial charge in [0, 0.05) is 27.2 Å². The van der Waals surface area contributed by atoms with E-state index in [9.17, 15) is 14.4 Å². The van der Waals surface area contributed by atoms with Gasteiger partial charge in [0.1, 0.15) is 10.7 Å². The van der Waals surface area contributed by atoms with E-state index in [1.54, 1.807) is 48.5 Å². The number of halogens is 2. The van der Waals surface area contributed by atoms with Gasteiger partial charge in [-0.3, -0.25) is 19.7 Å². The van der Waals surface area contributed by atoms with Crippen molar-refractivity contribution in [3.63, 3.8) is 0 Å². The van der Waals surface area contributed by atoms with Crippen LogP contribution < -0.4 is 15.5 Å². The molecule has 0 aliphatic carbocycles. The van der Waals surface area contributed by atoms with Gasteiger partial charge in [-0.2, -0.15) is 0 Å². The molecule has 178 valence electrons. The van der Waals surface area contributed by atoms with Gasteiger partial charge >= 0.3 is 0 Å². The summed E-state index contributed by atoms with van der Waals surface area (Å²) in [6.07, 6.45) is 0. The summed E-state index contributed by atoms with van der Waals surface area (Å²) in [5.41, 5.74) is 2.93. The summed E-state index contributed by atoms with van der Waals surface area (Å²) in [5.74, 6) is -1.55. The van der Waals surface area contributed by atoms with Crippen LogP contribution in [0.5, 0.6) is 0 Å². The van der Waals surface area contributed by atoms with Crippen molar-refractivity contribution >= 4 is 68.8 Å². The first-order valence-electron chi connectivity index (χ1n) is 10.6. The molecule has 1 aliphatic heterocycles. The molecule has 1 aliphatic rings. The summed E-state index contributed by atoms with van der Waals surface area (Å²) in [6.45, 7) is 0. The smallest absolute Gasteiger partial charge is 0.283 e. The van der Waals surface area contributed by atoms with Crippen molar-refractivity contribution in [1.82, 2.24) is 4.98 Å². The van der Waals surface area contributed by atoms with Crippen LogP contribution in [0.1, 0.15) is 10.4 Å². The molecule has 0 bridgehead atoms. The zero-order valence-corrected chi connectivity index (χ0v) is 20.7. The number of nitrogens with zero attached hydrogens (tertiary/aromatic N) is 2. The van der Waals surface area contributed by atoms with Crippen LogP contribution in [-0.2, 0) is 9.59 Å². The first-order chi connectivity index (χ1) is 17.4. The molecule has 10 heteroatoms. The number of imide groups is 1. The molecule has 0 spiro atoms. The van der Waals surface area contributed by atoms with Crippen molar-refractivity contribution in [2.45, 2.75) is 0 Å². The minimum Gasteiger partial charge on any atom is -0.350 e. The minimum absolute atomic E-state index is 0.0509. The molecule has 5 rings (SSSR count). The Balaban J connectivity index is 1.26. The van der Waals surface area contributed by atoms with Crippen LogP contribution >= 0.6 is 34.5 Å². The van der Waals surface area contributed by atoms with Crippen molar-refractivity contribution in [2.24, 2.45) is 0 Å². The Hall–Kier alpha value is -3.98. The van der Waals surface area contributed by atoms with Crippen LogP contribution in [0, 0.1) is 0 Å². The monoisotopic (exact) mass is 534 g/mol. The number of thiazole rings is 1. The average Bonchev–Trinajstić information content (AvgIpc) is 3.44. The van der Waals surface area contributed by atoms with E-state index in [4.69, 9.17) is 23.2 Å². The molecule has 36 heavy (non-hydrogen) atoms. The fourth-order valence-electron chi connectivity index (χ4n) is 3.53. The van der Waals surface area contributed by atoms with Crippen molar-refractivity contribution in [3.8, 4) is 11.3 Å². The zero-order chi connectivity index (χ0) is 25.2. The van der Waals surface area contributed by atoms with Gasteiger partial charge in [0.15, 0.2) is 5.13 Å². The van der Waals surface area contributed by atoms with E-state index < -0.39 is 11.8 Å².